The van der Waals surface area contributed by atoms with E-state index in [9.17, 15) is 0 Å². The lowest BCUT2D eigenvalue weighted by Gasteiger charge is -2.14. The van der Waals surface area contributed by atoms with E-state index in [-0.39, 0.29) is 0 Å². The molecule has 0 radical (unpaired) electrons. The van der Waals surface area contributed by atoms with E-state index < -0.39 is 0 Å². The van der Waals surface area contributed by atoms with Crippen LogP contribution >= 0.6 is 0 Å². The molecule has 1 fully saturated rings. The first-order chi connectivity index (χ1) is 8.83. The maximum absolute atomic E-state index is 5.67. The Labute approximate surface area is 106 Å². The average Bonchev–Trinajstić information content (AvgIpc) is 2.93. The zero-order chi connectivity index (χ0) is 12.4. The van der Waals surface area contributed by atoms with Gasteiger partial charge >= 0.3 is 0 Å². The van der Waals surface area contributed by atoms with Crippen molar-refractivity contribution in [2.75, 3.05) is 23.7 Å². The lowest BCUT2D eigenvalue weighted by molar-refractivity contribution is 0.899. The Morgan fingerprint density at radius 3 is 2.44 bits per heavy atom. The summed E-state index contributed by atoms with van der Waals surface area (Å²) in [5, 5.41) is 0. The molecule has 0 aromatic carbocycles. The van der Waals surface area contributed by atoms with E-state index in [0.29, 0.717) is 5.82 Å². The van der Waals surface area contributed by atoms with Crippen LogP contribution in [0.25, 0.3) is 11.3 Å². The van der Waals surface area contributed by atoms with Gasteiger partial charge < -0.3 is 10.6 Å². The van der Waals surface area contributed by atoms with Crippen LogP contribution in [0.1, 0.15) is 12.8 Å². The van der Waals surface area contributed by atoms with Crippen LogP contribution in [0.3, 0.4) is 0 Å². The number of hydrogen-bond donors (Lipinski definition) is 1. The Kier molecular flexibility index (Phi) is 2.80. The third-order valence-electron chi connectivity index (χ3n) is 3.09. The van der Waals surface area contributed by atoms with Gasteiger partial charge in [-0.05, 0) is 25.0 Å². The number of pyridine rings is 1. The minimum atomic E-state index is 0.510. The van der Waals surface area contributed by atoms with Crippen LogP contribution in [0.4, 0.5) is 11.8 Å². The van der Waals surface area contributed by atoms with Gasteiger partial charge in [0, 0.05) is 31.0 Å². The number of rotatable bonds is 2. The molecule has 3 rings (SSSR count). The Balaban J connectivity index is 1.86. The van der Waals surface area contributed by atoms with Gasteiger partial charge in [-0.25, -0.2) is 15.0 Å². The molecule has 0 aliphatic carbocycles. The van der Waals surface area contributed by atoms with Crippen molar-refractivity contribution in [3.8, 4) is 11.3 Å². The quantitative estimate of drug-likeness (QED) is 0.867. The van der Waals surface area contributed by atoms with Gasteiger partial charge in [0.25, 0.3) is 0 Å². The molecular weight excluding hydrogens is 226 g/mol. The summed E-state index contributed by atoms with van der Waals surface area (Å²) in [6.45, 7) is 2.10. The second-order valence-corrected chi connectivity index (χ2v) is 4.41. The molecule has 5 nitrogen and oxygen atoms in total. The van der Waals surface area contributed by atoms with Gasteiger partial charge in [-0.3, -0.25) is 0 Å². The third-order valence-corrected chi connectivity index (χ3v) is 3.09. The van der Waals surface area contributed by atoms with Gasteiger partial charge in [-0.2, -0.15) is 0 Å². The average molecular weight is 241 g/mol. The fourth-order valence-corrected chi connectivity index (χ4v) is 2.15. The number of nitrogen functional groups attached to an aromatic ring is 1. The van der Waals surface area contributed by atoms with Crippen molar-refractivity contribution in [2.24, 2.45) is 0 Å². The molecule has 0 saturated carbocycles. The van der Waals surface area contributed by atoms with Crippen molar-refractivity contribution in [2.45, 2.75) is 12.8 Å². The summed E-state index contributed by atoms with van der Waals surface area (Å²) in [5.74, 6) is 1.32. The van der Waals surface area contributed by atoms with E-state index in [1.165, 1.54) is 12.8 Å². The Hall–Kier alpha value is -2.17. The topological polar surface area (TPSA) is 67.9 Å². The second-order valence-electron chi connectivity index (χ2n) is 4.41. The number of hydrogen-bond acceptors (Lipinski definition) is 5. The first-order valence-corrected chi connectivity index (χ1v) is 6.13. The van der Waals surface area contributed by atoms with Crippen molar-refractivity contribution in [3.05, 3.63) is 30.6 Å². The third kappa shape index (κ3) is 2.11. The van der Waals surface area contributed by atoms with Crippen LogP contribution < -0.4 is 10.6 Å². The summed E-state index contributed by atoms with van der Waals surface area (Å²) in [7, 11) is 0. The normalized spacial score (nSPS) is 15.0. The number of nitrogens with two attached hydrogens (primary N) is 1. The van der Waals surface area contributed by atoms with Crippen LogP contribution in [0.15, 0.2) is 30.6 Å². The van der Waals surface area contributed by atoms with E-state index in [1.54, 1.807) is 6.07 Å². The molecule has 0 spiro atoms. The zero-order valence-corrected chi connectivity index (χ0v) is 10.1. The molecule has 0 unspecified atom stereocenters. The molecule has 3 heterocycles. The highest BCUT2D eigenvalue weighted by atomic mass is 15.3. The number of anilines is 2. The lowest BCUT2D eigenvalue weighted by Crippen LogP contribution is -2.20. The van der Waals surface area contributed by atoms with Crippen molar-refractivity contribution in [1.82, 2.24) is 15.0 Å². The highest BCUT2D eigenvalue weighted by molar-refractivity contribution is 5.59. The smallest absolute Gasteiger partial charge is 0.225 e. The highest BCUT2D eigenvalue weighted by Crippen LogP contribution is 2.19. The molecular formula is C13H15N5. The fraction of sp³-hybridized carbons (Fsp3) is 0.308. The summed E-state index contributed by atoms with van der Waals surface area (Å²) in [5.41, 5.74) is 7.37. The molecule has 1 aliphatic heterocycles. The molecule has 1 saturated heterocycles. The van der Waals surface area contributed by atoms with Crippen LogP contribution in [-0.2, 0) is 0 Å². The van der Waals surface area contributed by atoms with Gasteiger partial charge in [-0.15, -0.1) is 0 Å². The molecule has 92 valence electrons. The summed E-state index contributed by atoms with van der Waals surface area (Å²) < 4.78 is 0. The van der Waals surface area contributed by atoms with E-state index in [0.717, 1.165) is 30.3 Å². The maximum atomic E-state index is 5.67. The molecule has 0 bridgehead atoms. The van der Waals surface area contributed by atoms with Crippen LogP contribution in [0.2, 0.25) is 0 Å². The molecule has 5 heteroatoms. The SMILES string of the molecule is Nc1cccc(-c2cnc(N3CCCC3)nc2)n1. The summed E-state index contributed by atoms with van der Waals surface area (Å²) >= 11 is 0. The van der Waals surface area contributed by atoms with Crippen molar-refractivity contribution in [1.29, 1.82) is 0 Å². The monoisotopic (exact) mass is 241 g/mol. The molecule has 18 heavy (non-hydrogen) atoms. The predicted molar refractivity (Wildman–Crippen MR) is 71.1 cm³/mol. The molecule has 0 atom stereocenters. The van der Waals surface area contributed by atoms with Crippen LogP contribution in [0.5, 0.6) is 0 Å². The maximum Gasteiger partial charge on any atom is 0.225 e. The highest BCUT2D eigenvalue weighted by Gasteiger charge is 2.14. The Morgan fingerprint density at radius 1 is 1.06 bits per heavy atom. The second kappa shape index (κ2) is 4.60. The van der Waals surface area contributed by atoms with Crippen LogP contribution in [0, 0.1) is 0 Å². The largest absolute Gasteiger partial charge is 0.384 e. The van der Waals surface area contributed by atoms with Gasteiger partial charge in [0.1, 0.15) is 5.82 Å². The molecule has 0 amide bonds. The zero-order valence-electron chi connectivity index (χ0n) is 10.1. The van der Waals surface area contributed by atoms with E-state index in [1.807, 2.05) is 24.5 Å². The molecule has 1 aliphatic rings. The minimum absolute atomic E-state index is 0.510. The van der Waals surface area contributed by atoms with E-state index in [4.69, 9.17) is 5.73 Å². The van der Waals surface area contributed by atoms with Gasteiger partial charge in [-0.1, -0.05) is 6.07 Å². The summed E-state index contributed by atoms with van der Waals surface area (Å²) in [6, 6.07) is 5.56. The van der Waals surface area contributed by atoms with Gasteiger partial charge in [0.15, 0.2) is 0 Å². The van der Waals surface area contributed by atoms with Crippen LogP contribution in [-0.4, -0.2) is 28.0 Å². The van der Waals surface area contributed by atoms with Crippen molar-refractivity contribution >= 4 is 11.8 Å². The lowest BCUT2D eigenvalue weighted by atomic mass is 10.2. The van der Waals surface area contributed by atoms with Crippen molar-refractivity contribution in [3.63, 3.8) is 0 Å². The van der Waals surface area contributed by atoms with Gasteiger partial charge in [0.2, 0.25) is 5.95 Å². The van der Waals surface area contributed by atoms with E-state index >= 15 is 0 Å². The predicted octanol–water partition coefficient (Wildman–Crippen LogP) is 1.72. The molecule has 2 aromatic heterocycles. The molecule has 2 N–H and O–H groups in total. The Morgan fingerprint density at radius 2 is 1.78 bits per heavy atom. The first kappa shape index (κ1) is 11.0. The minimum Gasteiger partial charge on any atom is -0.384 e. The number of nitrogens with zero attached hydrogens (tertiary/aromatic N) is 4. The standard InChI is InChI=1S/C13H15N5/c14-12-5-3-4-11(17-12)10-8-15-13(16-9-10)18-6-1-2-7-18/h3-5,8-9H,1-2,6-7H2,(H2,14,17). The van der Waals surface area contributed by atoms with Crippen molar-refractivity contribution < 1.29 is 0 Å². The fourth-order valence-electron chi connectivity index (χ4n) is 2.15. The number of aromatic nitrogens is 3. The Bertz CT molecular complexity index is 531. The molecule has 2 aromatic rings. The van der Waals surface area contributed by atoms with E-state index in [2.05, 4.69) is 19.9 Å². The summed E-state index contributed by atoms with van der Waals surface area (Å²) in [6.07, 6.45) is 6.06. The van der Waals surface area contributed by atoms with Gasteiger partial charge in [0.05, 0.1) is 5.69 Å². The first-order valence-electron chi connectivity index (χ1n) is 6.13. The summed E-state index contributed by atoms with van der Waals surface area (Å²) in [4.78, 5) is 15.3.